The number of hydrogen-bond donors (Lipinski definition) is 2. The maximum atomic E-state index is 11.2. The highest BCUT2D eigenvalue weighted by molar-refractivity contribution is 5.86. The number of anilines is 3. The molecule has 0 spiro atoms. The van der Waals surface area contributed by atoms with E-state index in [4.69, 9.17) is 14.2 Å². The van der Waals surface area contributed by atoms with Gasteiger partial charge in [-0.05, 0) is 0 Å². The monoisotopic (exact) mass is 460 g/mol. The van der Waals surface area contributed by atoms with Crippen molar-refractivity contribution in [3.63, 3.8) is 0 Å². The van der Waals surface area contributed by atoms with E-state index in [2.05, 4.69) is 25.5 Å². The Morgan fingerprint density at radius 1 is 1.09 bits per heavy atom. The van der Waals surface area contributed by atoms with Gasteiger partial charge in [-0.25, -0.2) is 5.43 Å². The first-order chi connectivity index (χ1) is 16.0. The number of ether oxygens (including phenoxy) is 3. The molecule has 0 radical (unpaired) electrons. The standard InChI is InChI=1S/C19H24N8O6/c1-31-15-11-14(27(29)30)10-13(16(15)28)12-20-24-17-21-18(25-2-6-32-7-3-25)23-19(22-17)26-4-8-33-9-5-26/h10-12,28H,2-9H2,1H3,(H,21,22,23,24)/b20-12+. The van der Waals surface area contributed by atoms with Gasteiger partial charge >= 0.3 is 0 Å². The molecule has 2 aliphatic rings. The van der Waals surface area contributed by atoms with Crippen LogP contribution in [-0.4, -0.2) is 90.9 Å². The highest BCUT2D eigenvalue weighted by Gasteiger charge is 2.21. The lowest BCUT2D eigenvalue weighted by molar-refractivity contribution is -0.385. The minimum atomic E-state index is -0.581. The average molecular weight is 460 g/mol. The maximum absolute atomic E-state index is 11.2. The van der Waals surface area contributed by atoms with Gasteiger partial charge in [0.2, 0.25) is 17.8 Å². The van der Waals surface area contributed by atoms with Crippen molar-refractivity contribution in [3.8, 4) is 11.5 Å². The second-order valence-electron chi connectivity index (χ2n) is 7.17. The van der Waals surface area contributed by atoms with E-state index in [1.54, 1.807) is 0 Å². The van der Waals surface area contributed by atoms with E-state index in [0.717, 1.165) is 6.07 Å². The minimum Gasteiger partial charge on any atom is -0.504 e. The number of non-ortho nitro benzene ring substituents is 1. The fraction of sp³-hybridized carbons (Fsp3) is 0.474. The smallest absolute Gasteiger partial charge is 0.274 e. The normalized spacial score (nSPS) is 16.8. The summed E-state index contributed by atoms with van der Waals surface area (Å²) in [5.74, 6) is 0.878. The Kier molecular flexibility index (Phi) is 6.95. The number of rotatable bonds is 7. The predicted molar refractivity (Wildman–Crippen MR) is 118 cm³/mol. The molecule has 2 aliphatic heterocycles. The maximum Gasteiger partial charge on any atom is 0.274 e. The van der Waals surface area contributed by atoms with Crippen molar-refractivity contribution in [1.29, 1.82) is 0 Å². The number of nitrogens with zero attached hydrogens (tertiary/aromatic N) is 7. The van der Waals surface area contributed by atoms with E-state index < -0.39 is 4.92 Å². The van der Waals surface area contributed by atoms with Gasteiger partial charge in [-0.3, -0.25) is 10.1 Å². The molecule has 176 valence electrons. The van der Waals surface area contributed by atoms with Crippen LogP contribution in [0.3, 0.4) is 0 Å². The molecule has 0 aliphatic carbocycles. The fourth-order valence-electron chi connectivity index (χ4n) is 3.35. The van der Waals surface area contributed by atoms with Crippen LogP contribution >= 0.6 is 0 Å². The lowest BCUT2D eigenvalue weighted by Gasteiger charge is -2.30. The SMILES string of the molecule is COc1cc([N+](=O)[O-])cc(/C=N/Nc2nc(N3CCOCC3)nc(N3CCOCC3)n2)c1O. The molecule has 4 rings (SSSR count). The number of aromatic hydroxyl groups is 1. The Labute approximate surface area is 189 Å². The Morgan fingerprint density at radius 2 is 1.67 bits per heavy atom. The summed E-state index contributed by atoms with van der Waals surface area (Å²) in [7, 11) is 1.31. The molecule has 1 aromatic heterocycles. The van der Waals surface area contributed by atoms with Crippen molar-refractivity contribution in [2.24, 2.45) is 5.10 Å². The van der Waals surface area contributed by atoms with Crippen LogP contribution < -0.4 is 20.0 Å². The van der Waals surface area contributed by atoms with Crippen LogP contribution in [0.5, 0.6) is 11.5 Å². The zero-order valence-corrected chi connectivity index (χ0v) is 18.0. The van der Waals surface area contributed by atoms with Crippen molar-refractivity contribution in [3.05, 3.63) is 27.8 Å². The summed E-state index contributed by atoms with van der Waals surface area (Å²) in [4.78, 5) is 28.1. The first kappa shape index (κ1) is 22.4. The van der Waals surface area contributed by atoms with Crippen molar-refractivity contribution in [2.75, 3.05) is 74.9 Å². The van der Waals surface area contributed by atoms with E-state index in [-0.39, 0.29) is 28.7 Å². The van der Waals surface area contributed by atoms with Gasteiger partial charge in [0.05, 0.1) is 50.7 Å². The summed E-state index contributed by atoms with van der Waals surface area (Å²) in [6.07, 6.45) is 1.23. The lowest BCUT2D eigenvalue weighted by atomic mass is 10.2. The van der Waals surface area contributed by atoms with Gasteiger partial charge in [0.25, 0.3) is 5.69 Å². The number of morpholine rings is 2. The molecule has 33 heavy (non-hydrogen) atoms. The molecule has 14 nitrogen and oxygen atoms in total. The van der Waals surface area contributed by atoms with Crippen LogP contribution in [0, 0.1) is 10.1 Å². The number of benzene rings is 1. The number of methoxy groups -OCH3 is 1. The topological polar surface area (TPSA) is 161 Å². The molecule has 0 unspecified atom stereocenters. The van der Waals surface area contributed by atoms with Crippen molar-refractivity contribution >= 4 is 29.7 Å². The van der Waals surface area contributed by atoms with Crippen LogP contribution in [0.4, 0.5) is 23.5 Å². The third kappa shape index (κ3) is 5.35. The predicted octanol–water partition coefficient (Wildman–Crippen LogP) is 0.613. The first-order valence-electron chi connectivity index (χ1n) is 10.3. The number of hydrogen-bond acceptors (Lipinski definition) is 13. The number of hydrazone groups is 1. The molecule has 3 heterocycles. The molecule has 2 N–H and O–H groups in total. The molecule has 0 atom stereocenters. The molecule has 0 bridgehead atoms. The Morgan fingerprint density at radius 3 is 2.18 bits per heavy atom. The number of nitrogens with one attached hydrogen (secondary N) is 1. The quantitative estimate of drug-likeness (QED) is 0.337. The van der Waals surface area contributed by atoms with E-state index in [1.165, 1.54) is 19.4 Å². The fourth-order valence-corrected chi connectivity index (χ4v) is 3.35. The molecule has 2 fully saturated rings. The van der Waals surface area contributed by atoms with Gasteiger partial charge in [-0.2, -0.15) is 20.1 Å². The molecule has 0 amide bonds. The zero-order valence-electron chi connectivity index (χ0n) is 18.0. The second-order valence-corrected chi connectivity index (χ2v) is 7.17. The van der Waals surface area contributed by atoms with Gasteiger partial charge < -0.3 is 29.1 Å². The summed E-state index contributed by atoms with van der Waals surface area (Å²) in [6, 6.07) is 2.32. The lowest BCUT2D eigenvalue weighted by Crippen LogP contribution is -2.40. The second kappa shape index (κ2) is 10.2. The first-order valence-corrected chi connectivity index (χ1v) is 10.3. The number of nitro groups is 1. The van der Waals surface area contributed by atoms with E-state index in [1.807, 2.05) is 9.80 Å². The Hall–Kier alpha value is -3.78. The van der Waals surface area contributed by atoms with Crippen LogP contribution in [0.1, 0.15) is 5.56 Å². The molecular formula is C19H24N8O6. The van der Waals surface area contributed by atoms with Crippen molar-refractivity contribution in [2.45, 2.75) is 0 Å². The minimum absolute atomic E-state index is 0.0324. The molecule has 14 heteroatoms. The molecule has 0 saturated carbocycles. The van der Waals surface area contributed by atoms with Crippen LogP contribution in [0.2, 0.25) is 0 Å². The van der Waals surface area contributed by atoms with Crippen molar-refractivity contribution < 1.29 is 24.2 Å². The summed E-state index contributed by atoms with van der Waals surface area (Å²) in [5, 5.41) is 25.5. The van der Waals surface area contributed by atoms with Crippen molar-refractivity contribution in [1.82, 2.24) is 15.0 Å². The van der Waals surface area contributed by atoms with E-state index in [0.29, 0.717) is 64.5 Å². The van der Waals surface area contributed by atoms with Gasteiger partial charge in [-0.15, -0.1) is 0 Å². The highest BCUT2D eigenvalue weighted by atomic mass is 16.6. The summed E-state index contributed by atoms with van der Waals surface area (Å²) in [5.41, 5.74) is 2.60. The summed E-state index contributed by atoms with van der Waals surface area (Å²) < 4.78 is 15.8. The summed E-state index contributed by atoms with van der Waals surface area (Å²) >= 11 is 0. The molecular weight excluding hydrogens is 436 g/mol. The average Bonchev–Trinajstić information content (AvgIpc) is 2.86. The number of phenols is 1. The number of phenolic OH excluding ortho intramolecular Hbond substituents is 1. The third-order valence-electron chi connectivity index (χ3n) is 5.09. The molecule has 2 saturated heterocycles. The van der Waals surface area contributed by atoms with E-state index >= 15 is 0 Å². The van der Waals surface area contributed by atoms with Gasteiger partial charge in [0, 0.05) is 37.8 Å². The zero-order chi connectivity index (χ0) is 23.2. The van der Waals surface area contributed by atoms with Gasteiger partial charge in [-0.1, -0.05) is 0 Å². The Balaban J connectivity index is 1.60. The van der Waals surface area contributed by atoms with E-state index in [9.17, 15) is 15.2 Å². The number of nitro benzene ring substituents is 1. The molecule has 1 aromatic carbocycles. The number of aromatic nitrogens is 3. The van der Waals surface area contributed by atoms with Gasteiger partial charge in [0.1, 0.15) is 0 Å². The Bertz CT molecular complexity index is 987. The van der Waals surface area contributed by atoms with Crippen LogP contribution in [0.25, 0.3) is 0 Å². The third-order valence-corrected chi connectivity index (χ3v) is 5.09. The molecule has 2 aromatic rings. The summed E-state index contributed by atoms with van der Waals surface area (Å²) in [6.45, 7) is 4.90. The largest absolute Gasteiger partial charge is 0.504 e. The van der Waals surface area contributed by atoms with Crippen LogP contribution in [-0.2, 0) is 9.47 Å². The van der Waals surface area contributed by atoms with Crippen LogP contribution in [0.15, 0.2) is 17.2 Å². The highest BCUT2D eigenvalue weighted by Crippen LogP contribution is 2.33. The van der Waals surface area contributed by atoms with Gasteiger partial charge in [0.15, 0.2) is 11.5 Å².